The highest BCUT2D eigenvalue weighted by atomic mass is 16.7. The molecule has 0 unspecified atom stereocenters. The Morgan fingerprint density at radius 3 is 2.60 bits per heavy atom. The van der Waals surface area contributed by atoms with E-state index >= 15 is 0 Å². The Bertz CT molecular complexity index is 908. The molecule has 3 heteroatoms. The van der Waals surface area contributed by atoms with E-state index in [9.17, 15) is 0 Å². The minimum absolute atomic E-state index is 0.195. The molecule has 0 bridgehead atoms. The summed E-state index contributed by atoms with van der Waals surface area (Å²) in [6.07, 6.45) is 0. The van der Waals surface area contributed by atoms with Crippen LogP contribution in [0.1, 0.15) is 30.1 Å². The van der Waals surface area contributed by atoms with Gasteiger partial charge in [-0.3, -0.25) is 4.84 Å². The van der Waals surface area contributed by atoms with Crippen molar-refractivity contribution < 1.29 is 9.57 Å². The molecule has 0 amide bonds. The maximum atomic E-state index is 6.18. The lowest BCUT2D eigenvalue weighted by Crippen LogP contribution is -2.32. The van der Waals surface area contributed by atoms with Gasteiger partial charge >= 0.3 is 0 Å². The van der Waals surface area contributed by atoms with Crippen molar-refractivity contribution >= 4 is 10.8 Å². The predicted molar refractivity (Wildman–Crippen MR) is 98.3 cm³/mol. The van der Waals surface area contributed by atoms with Crippen molar-refractivity contribution in [3.8, 4) is 5.75 Å². The van der Waals surface area contributed by atoms with Crippen molar-refractivity contribution in [2.45, 2.75) is 19.0 Å². The zero-order chi connectivity index (χ0) is 16.8. The number of benzene rings is 3. The molecule has 3 aromatic rings. The van der Waals surface area contributed by atoms with Gasteiger partial charge in [-0.2, -0.15) is 5.06 Å². The molecular weight excluding hydrogens is 310 g/mol. The van der Waals surface area contributed by atoms with Gasteiger partial charge in [0.2, 0.25) is 0 Å². The van der Waals surface area contributed by atoms with Crippen molar-refractivity contribution in [3.63, 3.8) is 0 Å². The van der Waals surface area contributed by atoms with Crippen molar-refractivity contribution in [1.29, 1.82) is 0 Å². The Hall–Kier alpha value is -2.36. The van der Waals surface area contributed by atoms with Gasteiger partial charge in [-0.25, -0.2) is 0 Å². The fourth-order valence-corrected chi connectivity index (χ4v) is 4.20. The molecule has 5 rings (SSSR count). The summed E-state index contributed by atoms with van der Waals surface area (Å²) in [6, 6.07) is 23.8. The third kappa shape index (κ3) is 2.35. The average molecular weight is 331 g/mol. The van der Waals surface area contributed by atoms with E-state index in [4.69, 9.17) is 9.57 Å². The SMILES string of the molecule is C[C@@H](c1ccccc1)N1OC[C@@H]2COc3ccc4ccccc4c3[C@@H]21. The van der Waals surface area contributed by atoms with E-state index < -0.39 is 0 Å². The summed E-state index contributed by atoms with van der Waals surface area (Å²) in [5.74, 6) is 1.36. The van der Waals surface area contributed by atoms with Crippen molar-refractivity contribution in [2.75, 3.05) is 13.2 Å². The second kappa shape index (κ2) is 5.87. The minimum atomic E-state index is 0.195. The second-order valence-electron chi connectivity index (χ2n) is 6.96. The Balaban J connectivity index is 1.63. The topological polar surface area (TPSA) is 21.7 Å². The molecule has 0 radical (unpaired) electrons. The zero-order valence-electron chi connectivity index (χ0n) is 14.3. The van der Waals surface area contributed by atoms with E-state index in [1.807, 2.05) is 0 Å². The minimum Gasteiger partial charge on any atom is -0.493 e. The maximum absolute atomic E-state index is 6.18. The standard InChI is InChI=1S/C22H21NO2/c1-15(16-7-3-2-4-8-16)23-22-18(14-25-23)13-24-20-12-11-17-9-5-6-10-19(17)21(20)22/h2-12,15,18,22H,13-14H2,1H3/t15-,18-,22+/m0/s1. The number of ether oxygens (including phenoxy) is 1. The van der Waals surface area contributed by atoms with Crippen molar-refractivity contribution in [3.05, 3.63) is 77.9 Å². The number of nitrogens with zero attached hydrogens (tertiary/aromatic N) is 1. The highest BCUT2D eigenvalue weighted by Crippen LogP contribution is 2.49. The van der Waals surface area contributed by atoms with Crippen molar-refractivity contribution in [2.24, 2.45) is 5.92 Å². The summed E-state index contributed by atoms with van der Waals surface area (Å²) in [4.78, 5) is 6.18. The lowest BCUT2D eigenvalue weighted by atomic mass is 9.87. The van der Waals surface area contributed by atoms with Gasteiger partial charge in [-0.1, -0.05) is 60.7 Å². The molecule has 1 saturated heterocycles. The molecule has 3 aromatic carbocycles. The van der Waals surface area contributed by atoms with E-state index in [2.05, 4.69) is 78.7 Å². The summed E-state index contributed by atoms with van der Waals surface area (Å²) in [7, 11) is 0. The van der Waals surface area contributed by atoms with Crippen LogP contribution in [0.2, 0.25) is 0 Å². The Labute approximate surface area is 147 Å². The van der Waals surface area contributed by atoms with E-state index in [0.717, 1.165) is 5.75 Å². The summed E-state index contributed by atoms with van der Waals surface area (Å²) in [5, 5.41) is 4.71. The Morgan fingerprint density at radius 1 is 0.920 bits per heavy atom. The number of hydrogen-bond acceptors (Lipinski definition) is 3. The maximum Gasteiger partial charge on any atom is 0.124 e. The molecule has 25 heavy (non-hydrogen) atoms. The average Bonchev–Trinajstić information content (AvgIpc) is 3.12. The van der Waals surface area contributed by atoms with Crippen LogP contribution >= 0.6 is 0 Å². The highest BCUT2D eigenvalue weighted by molar-refractivity contribution is 5.88. The third-order valence-corrected chi connectivity index (χ3v) is 5.50. The van der Waals surface area contributed by atoms with Gasteiger partial charge in [0.15, 0.2) is 0 Å². The fourth-order valence-electron chi connectivity index (χ4n) is 4.20. The van der Waals surface area contributed by atoms with Crippen LogP contribution < -0.4 is 4.74 Å². The molecule has 2 aliphatic heterocycles. The molecular formula is C22H21NO2. The van der Waals surface area contributed by atoms with Crippen LogP contribution in [0.5, 0.6) is 5.75 Å². The predicted octanol–water partition coefficient (Wildman–Crippen LogP) is 4.90. The number of hydrogen-bond donors (Lipinski definition) is 0. The zero-order valence-corrected chi connectivity index (χ0v) is 14.3. The van der Waals surface area contributed by atoms with E-state index in [1.165, 1.54) is 21.9 Å². The van der Waals surface area contributed by atoms with Crippen molar-refractivity contribution in [1.82, 2.24) is 5.06 Å². The van der Waals surface area contributed by atoms with Crippen LogP contribution in [0.4, 0.5) is 0 Å². The normalized spacial score (nSPS) is 23.7. The lowest BCUT2D eigenvalue weighted by molar-refractivity contribution is -0.162. The first-order valence-corrected chi connectivity index (χ1v) is 8.93. The van der Waals surface area contributed by atoms with Crippen LogP contribution in [0.15, 0.2) is 66.7 Å². The third-order valence-electron chi connectivity index (χ3n) is 5.50. The summed E-state index contributed by atoms with van der Waals surface area (Å²) >= 11 is 0. The molecule has 0 spiro atoms. The molecule has 126 valence electrons. The fraction of sp³-hybridized carbons (Fsp3) is 0.273. The molecule has 1 fully saturated rings. The Kier molecular flexibility index (Phi) is 3.51. The van der Waals surface area contributed by atoms with Crippen LogP contribution in [-0.4, -0.2) is 18.3 Å². The van der Waals surface area contributed by atoms with Crippen LogP contribution in [0, 0.1) is 5.92 Å². The van der Waals surface area contributed by atoms with Gasteiger partial charge in [0.05, 0.1) is 25.3 Å². The van der Waals surface area contributed by atoms with Crippen LogP contribution in [-0.2, 0) is 4.84 Å². The summed E-state index contributed by atoms with van der Waals surface area (Å²) in [5.41, 5.74) is 2.55. The molecule has 0 saturated carbocycles. The van der Waals surface area contributed by atoms with Gasteiger partial charge in [0.25, 0.3) is 0 Å². The summed E-state index contributed by atoms with van der Waals surface area (Å²) in [6.45, 7) is 3.65. The number of fused-ring (bicyclic) bond motifs is 5. The number of rotatable bonds is 2. The second-order valence-corrected chi connectivity index (χ2v) is 6.96. The van der Waals surface area contributed by atoms with Gasteiger partial charge in [-0.15, -0.1) is 0 Å². The van der Waals surface area contributed by atoms with E-state index in [-0.39, 0.29) is 12.1 Å². The first-order valence-electron chi connectivity index (χ1n) is 8.93. The highest BCUT2D eigenvalue weighted by Gasteiger charge is 2.44. The first kappa shape index (κ1) is 14.9. The molecule has 0 aromatic heterocycles. The first-order chi connectivity index (χ1) is 12.3. The van der Waals surface area contributed by atoms with E-state index in [1.54, 1.807) is 0 Å². The van der Waals surface area contributed by atoms with Crippen LogP contribution in [0.25, 0.3) is 10.8 Å². The number of hydroxylamine groups is 2. The van der Waals surface area contributed by atoms with Gasteiger partial charge < -0.3 is 4.74 Å². The van der Waals surface area contributed by atoms with Gasteiger partial charge in [0.1, 0.15) is 5.75 Å². The van der Waals surface area contributed by atoms with Gasteiger partial charge in [-0.05, 0) is 29.3 Å². The quantitative estimate of drug-likeness (QED) is 0.667. The molecule has 2 heterocycles. The smallest absolute Gasteiger partial charge is 0.124 e. The molecule has 0 aliphatic carbocycles. The lowest BCUT2D eigenvalue weighted by Gasteiger charge is -2.35. The Morgan fingerprint density at radius 2 is 1.72 bits per heavy atom. The molecule has 2 aliphatic rings. The summed E-state index contributed by atoms with van der Waals surface area (Å²) < 4.78 is 6.07. The molecule has 3 atom stereocenters. The monoisotopic (exact) mass is 331 g/mol. The van der Waals surface area contributed by atoms with Gasteiger partial charge in [0, 0.05) is 11.5 Å². The molecule has 0 N–H and O–H groups in total. The van der Waals surface area contributed by atoms with Crippen LogP contribution in [0.3, 0.4) is 0 Å². The largest absolute Gasteiger partial charge is 0.493 e. The van der Waals surface area contributed by atoms with E-state index in [0.29, 0.717) is 19.1 Å². The molecule has 3 nitrogen and oxygen atoms in total.